The number of nitro benzene ring substituents is 1. The van der Waals surface area contributed by atoms with Crippen molar-refractivity contribution in [1.82, 2.24) is 4.90 Å². The van der Waals surface area contributed by atoms with E-state index in [0.717, 1.165) is 12.0 Å². The second-order valence-electron chi connectivity index (χ2n) is 4.58. The summed E-state index contributed by atoms with van der Waals surface area (Å²) in [5.41, 5.74) is 6.57. The van der Waals surface area contributed by atoms with Gasteiger partial charge in [0.2, 0.25) is 0 Å². The van der Waals surface area contributed by atoms with Crippen molar-refractivity contribution in [3.8, 4) is 0 Å². The Morgan fingerprint density at radius 1 is 1.56 bits per heavy atom. The normalized spacial score (nSPS) is 19.0. The minimum atomic E-state index is -0.525. The van der Waals surface area contributed by atoms with E-state index in [9.17, 15) is 14.9 Å². The molecule has 1 atom stereocenters. The van der Waals surface area contributed by atoms with Crippen molar-refractivity contribution < 1.29 is 9.72 Å². The van der Waals surface area contributed by atoms with Gasteiger partial charge in [-0.1, -0.05) is 6.07 Å². The number of aryl methyl sites for hydroxylation is 1. The first-order chi connectivity index (χ1) is 8.49. The maximum absolute atomic E-state index is 12.2. The zero-order chi connectivity index (χ0) is 13.3. The van der Waals surface area contributed by atoms with E-state index in [4.69, 9.17) is 5.73 Å². The molecule has 2 N–H and O–H groups in total. The summed E-state index contributed by atoms with van der Waals surface area (Å²) in [5, 5.41) is 10.9. The fourth-order valence-electron chi connectivity index (χ4n) is 2.12. The van der Waals surface area contributed by atoms with E-state index in [1.165, 1.54) is 6.07 Å². The standard InChI is InChI=1S/C12H15N3O3/c1-8-2-3-11(15(17)18)10(6-8)12(16)14-5-4-9(13)7-14/h2-3,6,9H,4-5,7,13H2,1H3/t9-/m0/s1. The minimum absolute atomic E-state index is 0.0298. The molecule has 18 heavy (non-hydrogen) atoms. The zero-order valence-electron chi connectivity index (χ0n) is 10.1. The Morgan fingerprint density at radius 3 is 2.83 bits per heavy atom. The van der Waals surface area contributed by atoms with Crippen molar-refractivity contribution in [2.24, 2.45) is 5.73 Å². The summed E-state index contributed by atoms with van der Waals surface area (Å²) in [4.78, 5) is 24.2. The molecule has 1 aromatic rings. The van der Waals surface area contributed by atoms with Crippen LogP contribution < -0.4 is 5.73 Å². The monoisotopic (exact) mass is 249 g/mol. The fraction of sp³-hybridized carbons (Fsp3) is 0.417. The van der Waals surface area contributed by atoms with Crippen molar-refractivity contribution >= 4 is 11.6 Å². The number of nitrogens with two attached hydrogens (primary N) is 1. The predicted octanol–water partition coefficient (Wildman–Crippen LogP) is 1.08. The molecule has 2 rings (SSSR count). The lowest BCUT2D eigenvalue weighted by Crippen LogP contribution is -2.32. The molecule has 0 radical (unpaired) electrons. The molecule has 96 valence electrons. The minimum Gasteiger partial charge on any atom is -0.337 e. The van der Waals surface area contributed by atoms with E-state index in [-0.39, 0.29) is 23.2 Å². The van der Waals surface area contributed by atoms with Gasteiger partial charge in [-0.2, -0.15) is 0 Å². The van der Waals surface area contributed by atoms with Crippen LogP contribution in [0.4, 0.5) is 5.69 Å². The van der Waals surface area contributed by atoms with E-state index in [2.05, 4.69) is 0 Å². The first-order valence-electron chi connectivity index (χ1n) is 5.79. The zero-order valence-corrected chi connectivity index (χ0v) is 10.1. The van der Waals surface area contributed by atoms with Crippen LogP contribution in [-0.4, -0.2) is 34.9 Å². The van der Waals surface area contributed by atoms with Gasteiger partial charge < -0.3 is 10.6 Å². The predicted molar refractivity (Wildman–Crippen MR) is 66.3 cm³/mol. The van der Waals surface area contributed by atoms with Crippen LogP contribution in [0.3, 0.4) is 0 Å². The molecule has 1 aliphatic rings. The van der Waals surface area contributed by atoms with Crippen molar-refractivity contribution in [2.75, 3.05) is 13.1 Å². The molecular weight excluding hydrogens is 234 g/mol. The number of carbonyl (C=O) groups excluding carboxylic acids is 1. The van der Waals surface area contributed by atoms with Crippen molar-refractivity contribution in [3.63, 3.8) is 0 Å². The van der Waals surface area contributed by atoms with Gasteiger partial charge in [0.05, 0.1) is 4.92 Å². The Kier molecular flexibility index (Phi) is 3.29. The Labute approximate surface area is 105 Å². The van der Waals surface area contributed by atoms with E-state index >= 15 is 0 Å². The molecular formula is C12H15N3O3. The molecule has 6 nitrogen and oxygen atoms in total. The van der Waals surface area contributed by atoms with Crippen LogP contribution in [-0.2, 0) is 0 Å². The van der Waals surface area contributed by atoms with Crippen LogP contribution in [0.25, 0.3) is 0 Å². The molecule has 6 heteroatoms. The summed E-state index contributed by atoms with van der Waals surface area (Å²) >= 11 is 0. The third kappa shape index (κ3) is 2.33. The average molecular weight is 249 g/mol. The second kappa shape index (κ2) is 4.73. The quantitative estimate of drug-likeness (QED) is 0.627. The van der Waals surface area contributed by atoms with Gasteiger partial charge in [-0.25, -0.2) is 0 Å². The summed E-state index contributed by atoms with van der Waals surface area (Å²) in [6.45, 7) is 2.82. The largest absolute Gasteiger partial charge is 0.337 e. The number of nitro groups is 1. The van der Waals surface area contributed by atoms with E-state index in [0.29, 0.717) is 13.1 Å². The summed E-state index contributed by atoms with van der Waals surface area (Å²) in [6, 6.07) is 4.53. The molecule has 0 saturated carbocycles. The lowest BCUT2D eigenvalue weighted by atomic mass is 10.1. The van der Waals surface area contributed by atoms with Gasteiger partial charge in [0.1, 0.15) is 5.56 Å². The summed E-state index contributed by atoms with van der Waals surface area (Å²) in [7, 11) is 0. The molecule has 0 spiro atoms. The summed E-state index contributed by atoms with van der Waals surface area (Å²) in [5.74, 6) is -0.307. The molecule has 0 bridgehead atoms. The number of likely N-dealkylation sites (tertiary alicyclic amines) is 1. The average Bonchev–Trinajstić information content (AvgIpc) is 2.74. The number of amides is 1. The van der Waals surface area contributed by atoms with E-state index in [1.807, 2.05) is 0 Å². The molecule has 0 unspecified atom stereocenters. The molecule has 1 heterocycles. The highest BCUT2D eigenvalue weighted by Crippen LogP contribution is 2.23. The Hall–Kier alpha value is -1.95. The topological polar surface area (TPSA) is 89.5 Å². The lowest BCUT2D eigenvalue weighted by Gasteiger charge is -2.16. The third-order valence-electron chi connectivity index (χ3n) is 3.09. The highest BCUT2D eigenvalue weighted by atomic mass is 16.6. The second-order valence-corrected chi connectivity index (χ2v) is 4.58. The van der Waals surface area contributed by atoms with Gasteiger partial charge in [-0.05, 0) is 25.0 Å². The third-order valence-corrected chi connectivity index (χ3v) is 3.09. The van der Waals surface area contributed by atoms with Crippen LogP contribution in [0.1, 0.15) is 22.3 Å². The molecule has 1 aliphatic heterocycles. The maximum Gasteiger partial charge on any atom is 0.282 e. The smallest absolute Gasteiger partial charge is 0.282 e. The number of carbonyl (C=O) groups is 1. The Balaban J connectivity index is 2.34. The highest BCUT2D eigenvalue weighted by Gasteiger charge is 2.29. The first kappa shape index (κ1) is 12.5. The van der Waals surface area contributed by atoms with Crippen LogP contribution in [0.15, 0.2) is 18.2 Å². The number of benzene rings is 1. The van der Waals surface area contributed by atoms with Crippen molar-refractivity contribution in [3.05, 3.63) is 39.4 Å². The molecule has 1 aromatic carbocycles. The van der Waals surface area contributed by atoms with Gasteiger partial charge in [-0.15, -0.1) is 0 Å². The van der Waals surface area contributed by atoms with Gasteiger partial charge in [0, 0.05) is 25.2 Å². The van der Waals surface area contributed by atoms with Crippen LogP contribution in [0, 0.1) is 17.0 Å². The number of rotatable bonds is 2. The molecule has 1 saturated heterocycles. The van der Waals surface area contributed by atoms with Gasteiger partial charge in [0.25, 0.3) is 11.6 Å². The molecule has 0 aliphatic carbocycles. The summed E-state index contributed by atoms with van der Waals surface area (Å²) in [6.07, 6.45) is 0.741. The van der Waals surface area contributed by atoms with Gasteiger partial charge in [0.15, 0.2) is 0 Å². The molecule has 1 fully saturated rings. The Bertz CT molecular complexity index is 501. The molecule has 0 aromatic heterocycles. The maximum atomic E-state index is 12.2. The highest BCUT2D eigenvalue weighted by molar-refractivity contribution is 5.98. The number of hydrogen-bond donors (Lipinski definition) is 1. The van der Waals surface area contributed by atoms with E-state index < -0.39 is 4.92 Å². The van der Waals surface area contributed by atoms with Crippen molar-refractivity contribution in [2.45, 2.75) is 19.4 Å². The van der Waals surface area contributed by atoms with Crippen LogP contribution in [0.5, 0.6) is 0 Å². The lowest BCUT2D eigenvalue weighted by molar-refractivity contribution is -0.385. The van der Waals surface area contributed by atoms with Crippen LogP contribution >= 0.6 is 0 Å². The first-order valence-corrected chi connectivity index (χ1v) is 5.79. The van der Waals surface area contributed by atoms with E-state index in [1.54, 1.807) is 24.0 Å². The van der Waals surface area contributed by atoms with Gasteiger partial charge in [-0.3, -0.25) is 14.9 Å². The van der Waals surface area contributed by atoms with Gasteiger partial charge >= 0.3 is 0 Å². The van der Waals surface area contributed by atoms with Crippen molar-refractivity contribution in [1.29, 1.82) is 0 Å². The number of hydrogen-bond acceptors (Lipinski definition) is 4. The summed E-state index contributed by atoms with van der Waals surface area (Å²) < 4.78 is 0. The Morgan fingerprint density at radius 2 is 2.28 bits per heavy atom. The number of nitrogens with zero attached hydrogens (tertiary/aromatic N) is 2. The molecule has 1 amide bonds. The van der Waals surface area contributed by atoms with Crippen LogP contribution in [0.2, 0.25) is 0 Å². The SMILES string of the molecule is Cc1ccc([N+](=O)[O-])c(C(=O)N2CC[C@H](N)C2)c1. The fourth-order valence-corrected chi connectivity index (χ4v) is 2.12.